The van der Waals surface area contributed by atoms with Crippen molar-refractivity contribution in [3.63, 3.8) is 0 Å². The minimum atomic E-state index is -0.398. The van der Waals surface area contributed by atoms with Crippen molar-refractivity contribution in [3.05, 3.63) is 47.8 Å². The molecule has 4 nitrogen and oxygen atoms in total. The summed E-state index contributed by atoms with van der Waals surface area (Å²) in [6, 6.07) is 9.81. The van der Waals surface area contributed by atoms with Crippen LogP contribution in [0.5, 0.6) is 17.2 Å². The van der Waals surface area contributed by atoms with E-state index < -0.39 is 5.82 Å². The van der Waals surface area contributed by atoms with Crippen LogP contribution in [0.1, 0.15) is 12.5 Å². The summed E-state index contributed by atoms with van der Waals surface area (Å²) >= 11 is 0. The summed E-state index contributed by atoms with van der Waals surface area (Å²) in [6.45, 7) is 2.73. The van der Waals surface area contributed by atoms with Gasteiger partial charge < -0.3 is 19.9 Å². The van der Waals surface area contributed by atoms with Crippen LogP contribution < -0.4 is 14.8 Å². The zero-order valence-corrected chi connectivity index (χ0v) is 12.0. The normalized spacial score (nSPS) is 10.2. The highest BCUT2D eigenvalue weighted by Crippen LogP contribution is 2.27. The van der Waals surface area contributed by atoms with E-state index in [0.29, 0.717) is 24.6 Å². The predicted octanol–water partition coefficient (Wildman–Crippen LogP) is 3.55. The zero-order chi connectivity index (χ0) is 15.2. The summed E-state index contributed by atoms with van der Waals surface area (Å²) in [6.07, 6.45) is 0. The second-order valence-electron chi connectivity index (χ2n) is 4.44. The van der Waals surface area contributed by atoms with Crippen molar-refractivity contribution in [2.45, 2.75) is 13.5 Å². The first-order valence-electron chi connectivity index (χ1n) is 6.66. The number of methoxy groups -OCH3 is 1. The predicted molar refractivity (Wildman–Crippen MR) is 79.6 cm³/mol. The first kappa shape index (κ1) is 15.0. The number of aromatic hydroxyl groups is 1. The molecule has 0 saturated carbocycles. The Morgan fingerprint density at radius 3 is 2.62 bits per heavy atom. The monoisotopic (exact) mass is 291 g/mol. The number of hydrogen-bond donors (Lipinski definition) is 2. The van der Waals surface area contributed by atoms with Crippen LogP contribution in [0.3, 0.4) is 0 Å². The molecule has 2 aromatic carbocycles. The van der Waals surface area contributed by atoms with Gasteiger partial charge in [-0.3, -0.25) is 0 Å². The number of anilines is 1. The van der Waals surface area contributed by atoms with Gasteiger partial charge in [-0.05, 0) is 36.8 Å². The molecule has 0 aliphatic carbocycles. The minimum Gasteiger partial charge on any atom is -0.504 e. The quantitative estimate of drug-likeness (QED) is 0.854. The fourth-order valence-corrected chi connectivity index (χ4v) is 1.92. The van der Waals surface area contributed by atoms with Gasteiger partial charge in [-0.15, -0.1) is 0 Å². The van der Waals surface area contributed by atoms with Crippen LogP contribution >= 0.6 is 0 Å². The molecule has 0 atom stereocenters. The largest absolute Gasteiger partial charge is 0.504 e. The lowest BCUT2D eigenvalue weighted by Gasteiger charge is -2.10. The molecule has 0 unspecified atom stereocenters. The van der Waals surface area contributed by atoms with Gasteiger partial charge in [0.25, 0.3) is 0 Å². The molecule has 21 heavy (non-hydrogen) atoms. The third kappa shape index (κ3) is 3.78. The Morgan fingerprint density at radius 1 is 1.14 bits per heavy atom. The number of nitrogens with one attached hydrogen (secondary N) is 1. The van der Waals surface area contributed by atoms with Crippen LogP contribution in [0.2, 0.25) is 0 Å². The molecule has 0 fully saturated rings. The van der Waals surface area contributed by atoms with E-state index in [-0.39, 0.29) is 11.5 Å². The average molecular weight is 291 g/mol. The van der Waals surface area contributed by atoms with E-state index in [0.717, 1.165) is 5.56 Å². The Kier molecular flexibility index (Phi) is 4.87. The Balaban J connectivity index is 2.04. The number of benzene rings is 2. The van der Waals surface area contributed by atoms with Crippen molar-refractivity contribution in [1.82, 2.24) is 0 Å². The van der Waals surface area contributed by atoms with Crippen LogP contribution in [-0.2, 0) is 6.54 Å². The number of phenols is 1. The molecule has 0 bridgehead atoms. The maximum Gasteiger partial charge on any atom is 0.167 e. The molecule has 2 rings (SSSR count). The second kappa shape index (κ2) is 6.83. The lowest BCUT2D eigenvalue weighted by Crippen LogP contribution is -2.01. The van der Waals surface area contributed by atoms with E-state index in [1.807, 2.05) is 6.92 Å². The maximum absolute atomic E-state index is 13.7. The number of ether oxygens (including phenoxy) is 2. The van der Waals surface area contributed by atoms with E-state index in [4.69, 9.17) is 9.47 Å². The number of phenolic OH excluding ortho intramolecular Hbond substituents is 1. The topological polar surface area (TPSA) is 50.7 Å². The van der Waals surface area contributed by atoms with Gasteiger partial charge in [-0.1, -0.05) is 6.07 Å². The van der Waals surface area contributed by atoms with E-state index in [9.17, 15) is 9.50 Å². The van der Waals surface area contributed by atoms with Crippen molar-refractivity contribution in [3.8, 4) is 17.2 Å². The Hall–Kier alpha value is -2.43. The summed E-state index contributed by atoms with van der Waals surface area (Å²) in [5.74, 6) is 0.347. The Labute approximate surface area is 123 Å². The average Bonchev–Trinajstić information content (AvgIpc) is 2.49. The van der Waals surface area contributed by atoms with Crippen LogP contribution in [0.25, 0.3) is 0 Å². The van der Waals surface area contributed by atoms with Gasteiger partial charge in [-0.2, -0.15) is 0 Å². The van der Waals surface area contributed by atoms with Crippen molar-refractivity contribution in [2.24, 2.45) is 0 Å². The highest BCUT2D eigenvalue weighted by Gasteiger charge is 2.05. The van der Waals surface area contributed by atoms with Gasteiger partial charge in [0.1, 0.15) is 0 Å². The van der Waals surface area contributed by atoms with Crippen molar-refractivity contribution in [1.29, 1.82) is 0 Å². The first-order valence-corrected chi connectivity index (χ1v) is 6.66. The third-order valence-corrected chi connectivity index (χ3v) is 2.97. The van der Waals surface area contributed by atoms with E-state index in [2.05, 4.69) is 5.32 Å². The van der Waals surface area contributed by atoms with Gasteiger partial charge in [-0.25, -0.2) is 4.39 Å². The molecule has 0 amide bonds. The second-order valence-corrected chi connectivity index (χ2v) is 4.44. The lowest BCUT2D eigenvalue weighted by atomic mass is 10.2. The molecule has 112 valence electrons. The maximum atomic E-state index is 13.7. The molecule has 0 spiro atoms. The SMILES string of the molecule is CCOc1ccc(NCc2ccc(O)c(OC)c2)cc1F. The number of halogens is 1. The van der Waals surface area contributed by atoms with E-state index in [1.165, 1.54) is 13.2 Å². The standard InChI is InChI=1S/C16H18FNO3/c1-3-21-15-7-5-12(9-13(15)17)18-10-11-4-6-14(19)16(8-11)20-2/h4-9,18-19H,3,10H2,1-2H3. The van der Waals surface area contributed by atoms with Gasteiger partial charge in [0.05, 0.1) is 13.7 Å². The van der Waals surface area contributed by atoms with Crippen LogP contribution in [-0.4, -0.2) is 18.8 Å². The summed E-state index contributed by atoms with van der Waals surface area (Å²) < 4.78 is 23.9. The molecule has 0 aliphatic rings. The van der Waals surface area contributed by atoms with Crippen LogP contribution in [0, 0.1) is 5.82 Å². The molecular weight excluding hydrogens is 273 g/mol. The molecule has 2 aromatic rings. The van der Waals surface area contributed by atoms with E-state index in [1.54, 1.807) is 30.3 Å². The summed E-state index contributed by atoms with van der Waals surface area (Å²) in [7, 11) is 1.49. The number of rotatable bonds is 6. The molecule has 2 N–H and O–H groups in total. The highest BCUT2D eigenvalue weighted by molar-refractivity contribution is 5.49. The Bertz CT molecular complexity index is 616. The molecule has 0 aromatic heterocycles. The first-order chi connectivity index (χ1) is 10.1. The van der Waals surface area contributed by atoms with Gasteiger partial charge in [0.2, 0.25) is 0 Å². The fraction of sp³-hybridized carbons (Fsp3) is 0.250. The molecule has 0 radical (unpaired) electrons. The van der Waals surface area contributed by atoms with Gasteiger partial charge >= 0.3 is 0 Å². The van der Waals surface area contributed by atoms with Gasteiger partial charge in [0.15, 0.2) is 23.1 Å². The van der Waals surface area contributed by atoms with Crippen molar-refractivity contribution >= 4 is 5.69 Å². The molecule has 0 heterocycles. The molecule has 5 heteroatoms. The lowest BCUT2D eigenvalue weighted by molar-refractivity contribution is 0.321. The van der Waals surface area contributed by atoms with Crippen molar-refractivity contribution in [2.75, 3.05) is 19.0 Å². The Morgan fingerprint density at radius 2 is 1.95 bits per heavy atom. The third-order valence-electron chi connectivity index (χ3n) is 2.97. The van der Waals surface area contributed by atoms with Crippen LogP contribution in [0.4, 0.5) is 10.1 Å². The smallest absolute Gasteiger partial charge is 0.167 e. The minimum absolute atomic E-state index is 0.0911. The summed E-state index contributed by atoms with van der Waals surface area (Å²) in [5, 5.41) is 12.6. The fourth-order valence-electron chi connectivity index (χ4n) is 1.92. The van der Waals surface area contributed by atoms with Crippen molar-refractivity contribution < 1.29 is 19.0 Å². The van der Waals surface area contributed by atoms with Crippen LogP contribution in [0.15, 0.2) is 36.4 Å². The summed E-state index contributed by atoms with van der Waals surface area (Å²) in [4.78, 5) is 0. The summed E-state index contributed by atoms with van der Waals surface area (Å²) in [5.41, 5.74) is 1.57. The number of hydrogen-bond acceptors (Lipinski definition) is 4. The highest BCUT2D eigenvalue weighted by atomic mass is 19.1. The van der Waals surface area contributed by atoms with Gasteiger partial charge in [0, 0.05) is 18.3 Å². The molecule has 0 aliphatic heterocycles. The molecule has 0 saturated heterocycles. The zero-order valence-electron chi connectivity index (χ0n) is 12.0. The van der Waals surface area contributed by atoms with E-state index >= 15 is 0 Å². The molecular formula is C16H18FNO3.